The van der Waals surface area contributed by atoms with E-state index in [1.807, 2.05) is 6.07 Å². The lowest BCUT2D eigenvalue weighted by atomic mass is 10.2. The first-order chi connectivity index (χ1) is 10.4. The Kier molecular flexibility index (Phi) is 7.20. The summed E-state index contributed by atoms with van der Waals surface area (Å²) in [6, 6.07) is 8.96. The smallest absolute Gasteiger partial charge is 0.385 e. The van der Waals surface area contributed by atoms with Crippen molar-refractivity contribution in [2.75, 3.05) is 14.2 Å². The highest BCUT2D eigenvalue weighted by atomic mass is 31.2. The van der Waals surface area contributed by atoms with Crippen molar-refractivity contribution >= 4 is 19.5 Å². The first-order valence-corrected chi connectivity index (χ1v) is 7.88. The van der Waals surface area contributed by atoms with Gasteiger partial charge in [0.25, 0.3) is 5.97 Å². The predicted octanol–water partition coefficient (Wildman–Crippen LogP) is 1.39. The largest absolute Gasteiger partial charge is 0.460 e. The molecule has 0 spiro atoms. The summed E-state index contributed by atoms with van der Waals surface area (Å²) in [6.07, 6.45) is -0.659. The topological polar surface area (TPSA) is 114 Å². The molecule has 0 saturated heterocycles. The third-order valence-electron chi connectivity index (χ3n) is 2.60. The van der Waals surface area contributed by atoms with Gasteiger partial charge in [-0.05, 0) is 5.56 Å². The summed E-state index contributed by atoms with van der Waals surface area (Å²) in [6.45, 7) is 0.0354. The first-order valence-electron chi connectivity index (χ1n) is 6.27. The Labute approximate surface area is 128 Å². The molecular weight excluding hydrogens is 313 g/mol. The second kappa shape index (κ2) is 8.65. The van der Waals surface area contributed by atoms with E-state index in [4.69, 9.17) is 10.5 Å². The van der Waals surface area contributed by atoms with E-state index in [1.165, 1.54) is 0 Å². The average molecular weight is 331 g/mol. The summed E-state index contributed by atoms with van der Waals surface area (Å²) >= 11 is 0. The van der Waals surface area contributed by atoms with Crippen LogP contribution >= 0.6 is 7.60 Å². The van der Waals surface area contributed by atoms with Crippen molar-refractivity contribution in [1.82, 2.24) is 0 Å². The molecule has 2 N–H and O–H groups in total. The number of esters is 2. The standard InChI is InChI=1S/C13H18NO7P/c1-18-22(17,19-2)13(14)21-12(16)8-11(15)20-9-10-6-4-3-5-7-10/h3-7,13H,8-9,14H2,1-2H3. The molecule has 0 saturated carbocycles. The van der Waals surface area contributed by atoms with E-state index < -0.39 is 31.9 Å². The summed E-state index contributed by atoms with van der Waals surface area (Å²) in [5.41, 5.74) is 6.19. The SMILES string of the molecule is COP(=O)(OC)C(N)OC(=O)CC(=O)OCc1ccccc1. The minimum Gasteiger partial charge on any atom is -0.460 e. The Balaban J connectivity index is 2.41. The molecule has 122 valence electrons. The highest BCUT2D eigenvalue weighted by Gasteiger charge is 2.34. The molecule has 0 fully saturated rings. The molecule has 9 heteroatoms. The van der Waals surface area contributed by atoms with E-state index in [9.17, 15) is 14.2 Å². The van der Waals surface area contributed by atoms with E-state index >= 15 is 0 Å². The maximum atomic E-state index is 11.8. The third kappa shape index (κ3) is 5.57. The van der Waals surface area contributed by atoms with Crippen molar-refractivity contribution < 1.29 is 32.7 Å². The van der Waals surface area contributed by atoms with Gasteiger partial charge in [0.2, 0.25) is 0 Å². The van der Waals surface area contributed by atoms with Gasteiger partial charge in [-0.3, -0.25) is 19.9 Å². The quantitative estimate of drug-likeness (QED) is 0.329. The van der Waals surface area contributed by atoms with Gasteiger partial charge in [0, 0.05) is 14.2 Å². The lowest BCUT2D eigenvalue weighted by Gasteiger charge is -2.20. The molecule has 1 atom stereocenters. The number of carbonyl (C=O) groups is 2. The van der Waals surface area contributed by atoms with Gasteiger partial charge in [0.05, 0.1) is 0 Å². The molecule has 1 aromatic rings. The van der Waals surface area contributed by atoms with Crippen LogP contribution < -0.4 is 5.73 Å². The molecule has 0 bridgehead atoms. The number of carbonyl (C=O) groups excluding carboxylic acids is 2. The maximum absolute atomic E-state index is 11.8. The molecular formula is C13H18NO7P. The Morgan fingerprint density at radius 3 is 2.27 bits per heavy atom. The zero-order chi connectivity index (χ0) is 16.6. The van der Waals surface area contributed by atoms with Crippen LogP contribution in [0.5, 0.6) is 0 Å². The zero-order valence-electron chi connectivity index (χ0n) is 12.3. The average Bonchev–Trinajstić information content (AvgIpc) is 2.52. The second-order valence-electron chi connectivity index (χ2n) is 4.11. The van der Waals surface area contributed by atoms with Crippen molar-refractivity contribution in [3.63, 3.8) is 0 Å². The van der Waals surface area contributed by atoms with Crippen LogP contribution in [-0.4, -0.2) is 32.1 Å². The molecule has 22 heavy (non-hydrogen) atoms. The fourth-order valence-corrected chi connectivity index (χ4v) is 2.24. The molecule has 0 aromatic heterocycles. The highest BCUT2D eigenvalue weighted by molar-refractivity contribution is 7.54. The van der Waals surface area contributed by atoms with Crippen LogP contribution in [0.3, 0.4) is 0 Å². The van der Waals surface area contributed by atoms with Crippen LogP contribution in [0.2, 0.25) is 0 Å². The highest BCUT2D eigenvalue weighted by Crippen LogP contribution is 2.49. The van der Waals surface area contributed by atoms with Crippen LogP contribution in [0.25, 0.3) is 0 Å². The predicted molar refractivity (Wildman–Crippen MR) is 76.5 cm³/mol. The van der Waals surface area contributed by atoms with Gasteiger partial charge in [-0.1, -0.05) is 30.3 Å². The van der Waals surface area contributed by atoms with Gasteiger partial charge in [0.15, 0.2) is 0 Å². The summed E-state index contributed by atoms with van der Waals surface area (Å²) in [7, 11) is -1.54. The third-order valence-corrected chi connectivity index (χ3v) is 4.35. The zero-order valence-corrected chi connectivity index (χ0v) is 13.2. The number of hydrogen-bond donors (Lipinski definition) is 1. The Hall–Kier alpha value is -1.73. The Morgan fingerprint density at radius 2 is 1.73 bits per heavy atom. The Morgan fingerprint density at radius 1 is 1.14 bits per heavy atom. The second-order valence-corrected chi connectivity index (χ2v) is 6.43. The van der Waals surface area contributed by atoms with Crippen LogP contribution in [0.15, 0.2) is 30.3 Å². The van der Waals surface area contributed by atoms with Crippen LogP contribution in [0.4, 0.5) is 0 Å². The first kappa shape index (κ1) is 18.3. The lowest BCUT2D eigenvalue weighted by molar-refractivity contribution is -0.156. The van der Waals surface area contributed by atoms with Crippen molar-refractivity contribution in [2.24, 2.45) is 5.73 Å². The molecule has 1 rings (SSSR count). The van der Waals surface area contributed by atoms with E-state index in [2.05, 4.69) is 13.8 Å². The number of rotatable bonds is 8. The maximum Gasteiger partial charge on any atom is 0.385 e. The monoisotopic (exact) mass is 331 g/mol. The molecule has 0 aliphatic carbocycles. The fraction of sp³-hybridized carbons (Fsp3) is 0.385. The molecule has 1 unspecified atom stereocenters. The molecule has 0 aliphatic heterocycles. The molecule has 8 nitrogen and oxygen atoms in total. The van der Waals surface area contributed by atoms with E-state index in [0.29, 0.717) is 0 Å². The Bertz CT molecular complexity index is 541. The van der Waals surface area contributed by atoms with Gasteiger partial charge in [-0.25, -0.2) is 0 Å². The van der Waals surface area contributed by atoms with Crippen LogP contribution in [0, 0.1) is 0 Å². The number of nitrogens with two attached hydrogens (primary N) is 1. The molecule has 0 aliphatic rings. The van der Waals surface area contributed by atoms with Crippen LogP contribution in [0.1, 0.15) is 12.0 Å². The van der Waals surface area contributed by atoms with E-state index in [0.717, 1.165) is 19.8 Å². The summed E-state index contributed by atoms with van der Waals surface area (Å²) in [5, 5.41) is 0. The summed E-state index contributed by atoms with van der Waals surface area (Å²) in [5.74, 6) is -3.39. The van der Waals surface area contributed by atoms with Gasteiger partial charge in [0.1, 0.15) is 13.0 Å². The number of hydrogen-bond acceptors (Lipinski definition) is 8. The lowest BCUT2D eigenvalue weighted by Crippen LogP contribution is -2.29. The van der Waals surface area contributed by atoms with Crippen LogP contribution in [-0.2, 0) is 39.3 Å². The normalized spacial score (nSPS) is 12.5. The van der Waals surface area contributed by atoms with Crippen molar-refractivity contribution in [2.45, 2.75) is 19.0 Å². The van der Waals surface area contributed by atoms with Gasteiger partial charge in [-0.2, -0.15) is 0 Å². The minimum atomic E-state index is -3.75. The summed E-state index contributed by atoms with van der Waals surface area (Å²) < 4.78 is 30.5. The van der Waals surface area contributed by atoms with E-state index in [-0.39, 0.29) is 6.61 Å². The van der Waals surface area contributed by atoms with Crippen molar-refractivity contribution in [3.8, 4) is 0 Å². The minimum absolute atomic E-state index is 0.0354. The number of ether oxygens (including phenoxy) is 2. The fourth-order valence-electron chi connectivity index (χ4n) is 1.43. The summed E-state index contributed by atoms with van der Waals surface area (Å²) in [4.78, 5) is 23.0. The van der Waals surface area contributed by atoms with E-state index in [1.54, 1.807) is 24.3 Å². The molecule has 0 radical (unpaired) electrons. The van der Waals surface area contributed by atoms with Gasteiger partial charge in [-0.15, -0.1) is 0 Å². The van der Waals surface area contributed by atoms with Crippen molar-refractivity contribution in [3.05, 3.63) is 35.9 Å². The molecule has 1 aromatic carbocycles. The molecule has 0 amide bonds. The van der Waals surface area contributed by atoms with Gasteiger partial charge >= 0.3 is 19.5 Å². The van der Waals surface area contributed by atoms with Gasteiger partial charge < -0.3 is 18.5 Å². The number of benzene rings is 1. The molecule has 0 heterocycles. The van der Waals surface area contributed by atoms with Crippen molar-refractivity contribution in [1.29, 1.82) is 0 Å².